The van der Waals surface area contributed by atoms with Crippen molar-refractivity contribution in [3.63, 3.8) is 0 Å². The van der Waals surface area contributed by atoms with E-state index in [4.69, 9.17) is 0 Å². The molecule has 16 heavy (non-hydrogen) atoms. The molecule has 1 aromatic rings. The largest absolute Gasteiger partial charge is 0.296 e. The Morgan fingerprint density at radius 2 is 2.00 bits per heavy atom. The Morgan fingerprint density at radius 1 is 1.19 bits per heavy atom. The van der Waals surface area contributed by atoms with Crippen molar-refractivity contribution in [1.29, 1.82) is 0 Å². The minimum atomic E-state index is 0.570. The van der Waals surface area contributed by atoms with Crippen LogP contribution in [0.5, 0.6) is 0 Å². The standard InChI is InChI=1S/C15H19N/c1-12(13-6-3-2-4-7-13)16-10-14-8-5-9-15(14)11-16/h2-8,12,14-15H,9-11H2,1H3. The molecule has 0 spiro atoms. The van der Waals surface area contributed by atoms with Crippen LogP contribution in [0, 0.1) is 11.8 Å². The van der Waals surface area contributed by atoms with Gasteiger partial charge in [0.1, 0.15) is 0 Å². The van der Waals surface area contributed by atoms with Gasteiger partial charge in [0.25, 0.3) is 0 Å². The van der Waals surface area contributed by atoms with E-state index in [1.807, 2.05) is 0 Å². The van der Waals surface area contributed by atoms with E-state index in [9.17, 15) is 0 Å². The average molecular weight is 213 g/mol. The van der Waals surface area contributed by atoms with Gasteiger partial charge in [-0.15, -0.1) is 0 Å². The SMILES string of the molecule is CC(c1ccccc1)N1CC2C=CCC2C1. The van der Waals surface area contributed by atoms with E-state index in [-0.39, 0.29) is 0 Å². The fraction of sp³-hybridized carbons (Fsp3) is 0.467. The molecular formula is C15H19N. The molecule has 3 unspecified atom stereocenters. The molecule has 1 heteroatoms. The Morgan fingerprint density at radius 3 is 2.75 bits per heavy atom. The third-order valence-corrected chi connectivity index (χ3v) is 4.17. The summed E-state index contributed by atoms with van der Waals surface area (Å²) in [5.74, 6) is 1.72. The summed E-state index contributed by atoms with van der Waals surface area (Å²) in [5, 5.41) is 0. The fourth-order valence-electron chi connectivity index (χ4n) is 3.09. The van der Waals surface area contributed by atoms with E-state index in [0.717, 1.165) is 11.8 Å². The van der Waals surface area contributed by atoms with Crippen LogP contribution in [0.25, 0.3) is 0 Å². The maximum atomic E-state index is 2.63. The molecule has 1 aromatic carbocycles. The molecule has 1 aliphatic heterocycles. The maximum absolute atomic E-state index is 2.63. The summed E-state index contributed by atoms with van der Waals surface area (Å²) in [5.41, 5.74) is 1.45. The van der Waals surface area contributed by atoms with Gasteiger partial charge in [0.05, 0.1) is 0 Å². The zero-order valence-corrected chi connectivity index (χ0v) is 9.84. The Balaban J connectivity index is 1.73. The fourth-order valence-corrected chi connectivity index (χ4v) is 3.09. The van der Waals surface area contributed by atoms with Crippen molar-refractivity contribution in [1.82, 2.24) is 4.90 Å². The van der Waals surface area contributed by atoms with Crippen LogP contribution >= 0.6 is 0 Å². The molecule has 1 fully saturated rings. The van der Waals surface area contributed by atoms with Gasteiger partial charge < -0.3 is 0 Å². The first-order valence-corrected chi connectivity index (χ1v) is 6.30. The molecule has 0 bridgehead atoms. The van der Waals surface area contributed by atoms with Gasteiger partial charge in [-0.1, -0.05) is 42.5 Å². The summed E-state index contributed by atoms with van der Waals surface area (Å²) in [6, 6.07) is 11.4. The Kier molecular flexibility index (Phi) is 2.56. The number of hydrogen-bond acceptors (Lipinski definition) is 1. The van der Waals surface area contributed by atoms with E-state index in [1.165, 1.54) is 25.1 Å². The Labute approximate surface area is 97.8 Å². The lowest BCUT2D eigenvalue weighted by Gasteiger charge is -2.25. The van der Waals surface area contributed by atoms with E-state index in [2.05, 4.69) is 54.3 Å². The van der Waals surface area contributed by atoms with Gasteiger partial charge in [0.15, 0.2) is 0 Å². The van der Waals surface area contributed by atoms with Crippen molar-refractivity contribution in [3.05, 3.63) is 48.0 Å². The molecule has 1 nitrogen and oxygen atoms in total. The molecule has 1 aliphatic carbocycles. The van der Waals surface area contributed by atoms with Crippen molar-refractivity contribution >= 4 is 0 Å². The summed E-state index contributed by atoms with van der Waals surface area (Å²) in [7, 11) is 0. The van der Waals surface area contributed by atoms with E-state index in [1.54, 1.807) is 0 Å². The maximum Gasteiger partial charge on any atom is 0.0320 e. The highest BCUT2D eigenvalue weighted by molar-refractivity contribution is 5.19. The van der Waals surface area contributed by atoms with Crippen LogP contribution in [-0.2, 0) is 0 Å². The zero-order valence-electron chi connectivity index (χ0n) is 9.84. The average Bonchev–Trinajstić information content (AvgIpc) is 2.89. The number of fused-ring (bicyclic) bond motifs is 1. The monoisotopic (exact) mass is 213 g/mol. The quantitative estimate of drug-likeness (QED) is 0.682. The summed E-state index contributed by atoms with van der Waals surface area (Å²) in [4.78, 5) is 2.63. The van der Waals surface area contributed by atoms with Gasteiger partial charge in [-0.05, 0) is 30.7 Å². The first kappa shape index (κ1) is 10.1. The highest BCUT2D eigenvalue weighted by Gasteiger charge is 2.35. The Bertz CT molecular complexity index is 382. The third-order valence-electron chi connectivity index (χ3n) is 4.17. The van der Waals surface area contributed by atoms with E-state index < -0.39 is 0 Å². The number of likely N-dealkylation sites (tertiary alicyclic amines) is 1. The lowest BCUT2D eigenvalue weighted by molar-refractivity contribution is 0.250. The molecule has 3 rings (SSSR count). The Hall–Kier alpha value is -1.08. The topological polar surface area (TPSA) is 3.24 Å². The number of nitrogens with zero attached hydrogens (tertiary/aromatic N) is 1. The van der Waals surface area contributed by atoms with Gasteiger partial charge in [-0.2, -0.15) is 0 Å². The van der Waals surface area contributed by atoms with Crippen molar-refractivity contribution in [3.8, 4) is 0 Å². The van der Waals surface area contributed by atoms with Crippen molar-refractivity contribution in [2.24, 2.45) is 11.8 Å². The minimum Gasteiger partial charge on any atom is -0.296 e. The molecule has 2 aliphatic rings. The van der Waals surface area contributed by atoms with Gasteiger partial charge in [0, 0.05) is 19.1 Å². The van der Waals surface area contributed by atoms with E-state index >= 15 is 0 Å². The second-order valence-electron chi connectivity index (χ2n) is 5.13. The minimum absolute atomic E-state index is 0.570. The second-order valence-corrected chi connectivity index (χ2v) is 5.13. The highest BCUT2D eigenvalue weighted by atomic mass is 15.2. The van der Waals surface area contributed by atoms with Gasteiger partial charge in [0.2, 0.25) is 0 Å². The normalized spacial score (nSPS) is 30.6. The van der Waals surface area contributed by atoms with Crippen molar-refractivity contribution in [2.45, 2.75) is 19.4 Å². The lowest BCUT2D eigenvalue weighted by Crippen LogP contribution is -2.25. The molecule has 84 valence electrons. The molecular weight excluding hydrogens is 194 g/mol. The number of hydrogen-bond donors (Lipinski definition) is 0. The number of benzene rings is 1. The first-order valence-electron chi connectivity index (χ1n) is 6.30. The molecule has 0 amide bonds. The van der Waals surface area contributed by atoms with Crippen molar-refractivity contribution in [2.75, 3.05) is 13.1 Å². The lowest BCUT2D eigenvalue weighted by atomic mass is 10.0. The first-order chi connectivity index (χ1) is 7.84. The highest BCUT2D eigenvalue weighted by Crippen LogP contribution is 2.36. The van der Waals surface area contributed by atoms with Gasteiger partial charge in [-0.3, -0.25) is 4.90 Å². The second kappa shape index (κ2) is 4.06. The van der Waals surface area contributed by atoms with Gasteiger partial charge >= 0.3 is 0 Å². The molecule has 0 saturated carbocycles. The summed E-state index contributed by atoms with van der Waals surface area (Å²) in [6.07, 6.45) is 6.07. The smallest absolute Gasteiger partial charge is 0.0320 e. The molecule has 1 heterocycles. The third kappa shape index (κ3) is 1.69. The number of allylic oxidation sites excluding steroid dienone is 1. The van der Waals surface area contributed by atoms with Crippen LogP contribution in [0.3, 0.4) is 0 Å². The van der Waals surface area contributed by atoms with Crippen LogP contribution in [-0.4, -0.2) is 18.0 Å². The van der Waals surface area contributed by atoms with Crippen LogP contribution in [0.2, 0.25) is 0 Å². The summed E-state index contributed by atoms with van der Waals surface area (Å²) < 4.78 is 0. The predicted octanol–water partition coefficient (Wildman–Crippen LogP) is 3.26. The van der Waals surface area contributed by atoms with Crippen LogP contribution < -0.4 is 0 Å². The zero-order chi connectivity index (χ0) is 11.0. The predicted molar refractivity (Wildman–Crippen MR) is 67.2 cm³/mol. The molecule has 0 aromatic heterocycles. The summed E-state index contributed by atoms with van der Waals surface area (Å²) >= 11 is 0. The number of rotatable bonds is 2. The van der Waals surface area contributed by atoms with Crippen LogP contribution in [0.15, 0.2) is 42.5 Å². The molecule has 0 radical (unpaired) electrons. The molecule has 0 N–H and O–H groups in total. The van der Waals surface area contributed by atoms with Crippen LogP contribution in [0.1, 0.15) is 24.9 Å². The van der Waals surface area contributed by atoms with E-state index in [0.29, 0.717) is 6.04 Å². The van der Waals surface area contributed by atoms with Crippen molar-refractivity contribution < 1.29 is 0 Å². The summed E-state index contributed by atoms with van der Waals surface area (Å²) in [6.45, 7) is 4.85. The molecule has 3 atom stereocenters. The van der Waals surface area contributed by atoms with Crippen LogP contribution in [0.4, 0.5) is 0 Å². The van der Waals surface area contributed by atoms with Gasteiger partial charge in [-0.25, -0.2) is 0 Å². The molecule has 1 saturated heterocycles.